The normalized spacial score (nSPS) is 19.1. The predicted octanol–water partition coefficient (Wildman–Crippen LogP) is 6.65. The Morgan fingerprint density at radius 2 is 1.97 bits per heavy atom. The SMILES string of the molecule is CC1(C)OC[C@H](CN2CCc3c(cccc3Nc3ccc(Cl)c(-c4ncc(-c5ccccc5)[nH]4)c3)C2)O1. The molecular formula is C30H31ClN4O2. The van der Waals surface area contributed by atoms with Crippen molar-refractivity contribution in [1.82, 2.24) is 14.9 Å². The molecule has 0 unspecified atom stereocenters. The highest BCUT2D eigenvalue weighted by molar-refractivity contribution is 6.33. The number of benzene rings is 3. The number of imidazole rings is 1. The number of anilines is 2. The number of fused-ring (bicyclic) bond motifs is 1. The van der Waals surface area contributed by atoms with E-state index in [2.05, 4.69) is 56.6 Å². The van der Waals surface area contributed by atoms with Crippen molar-refractivity contribution in [1.29, 1.82) is 0 Å². The monoisotopic (exact) mass is 514 g/mol. The topological polar surface area (TPSA) is 62.4 Å². The van der Waals surface area contributed by atoms with E-state index < -0.39 is 5.79 Å². The number of nitrogens with one attached hydrogen (secondary N) is 2. The number of H-pyrrole nitrogens is 1. The molecule has 0 spiro atoms. The molecule has 2 aliphatic heterocycles. The van der Waals surface area contributed by atoms with Crippen LogP contribution in [0, 0.1) is 0 Å². The van der Waals surface area contributed by atoms with Crippen LogP contribution in [0.15, 0.2) is 72.9 Å². The molecule has 1 atom stereocenters. The van der Waals surface area contributed by atoms with Crippen LogP contribution in [0.3, 0.4) is 0 Å². The molecule has 37 heavy (non-hydrogen) atoms. The molecule has 0 bridgehead atoms. The highest BCUT2D eigenvalue weighted by Gasteiger charge is 2.34. The van der Waals surface area contributed by atoms with Crippen LogP contribution in [0.4, 0.5) is 11.4 Å². The summed E-state index contributed by atoms with van der Waals surface area (Å²) in [5, 5.41) is 4.30. The molecule has 2 aliphatic rings. The minimum Gasteiger partial charge on any atom is -0.355 e. The summed E-state index contributed by atoms with van der Waals surface area (Å²) in [4.78, 5) is 10.5. The molecule has 1 fully saturated rings. The van der Waals surface area contributed by atoms with Gasteiger partial charge in [0.2, 0.25) is 0 Å². The zero-order valence-electron chi connectivity index (χ0n) is 21.1. The van der Waals surface area contributed by atoms with E-state index in [9.17, 15) is 0 Å². The van der Waals surface area contributed by atoms with Crippen molar-refractivity contribution in [3.63, 3.8) is 0 Å². The minimum absolute atomic E-state index is 0.120. The van der Waals surface area contributed by atoms with Crippen LogP contribution in [0.25, 0.3) is 22.6 Å². The Balaban J connectivity index is 1.19. The van der Waals surface area contributed by atoms with Crippen LogP contribution < -0.4 is 5.32 Å². The second-order valence-corrected chi connectivity index (χ2v) is 10.6. The number of aromatic nitrogens is 2. The third-order valence-electron chi connectivity index (χ3n) is 7.04. The van der Waals surface area contributed by atoms with Crippen LogP contribution in [0.2, 0.25) is 5.02 Å². The molecule has 0 amide bonds. The smallest absolute Gasteiger partial charge is 0.163 e. The number of rotatable bonds is 6. The van der Waals surface area contributed by atoms with Crippen LogP contribution in [-0.4, -0.2) is 46.5 Å². The maximum Gasteiger partial charge on any atom is 0.163 e. The molecular weight excluding hydrogens is 484 g/mol. The third-order valence-corrected chi connectivity index (χ3v) is 7.36. The van der Waals surface area contributed by atoms with Gasteiger partial charge in [-0.05, 0) is 61.2 Å². The molecule has 3 heterocycles. The van der Waals surface area contributed by atoms with Gasteiger partial charge < -0.3 is 19.8 Å². The van der Waals surface area contributed by atoms with Crippen molar-refractivity contribution in [2.45, 2.75) is 38.7 Å². The molecule has 0 radical (unpaired) electrons. The summed E-state index contributed by atoms with van der Waals surface area (Å²) in [6.07, 6.45) is 2.95. The highest BCUT2D eigenvalue weighted by atomic mass is 35.5. The number of aromatic amines is 1. The van der Waals surface area contributed by atoms with Crippen LogP contribution >= 0.6 is 11.6 Å². The van der Waals surface area contributed by atoms with E-state index in [1.807, 2.05) is 50.4 Å². The number of ether oxygens (including phenoxy) is 2. The fourth-order valence-corrected chi connectivity index (χ4v) is 5.45. The molecule has 0 saturated carbocycles. The van der Waals surface area contributed by atoms with Crippen molar-refractivity contribution in [2.75, 3.05) is 25.0 Å². The van der Waals surface area contributed by atoms with Crippen molar-refractivity contribution in [2.24, 2.45) is 0 Å². The fraction of sp³-hybridized carbons (Fsp3) is 0.300. The largest absolute Gasteiger partial charge is 0.355 e. The predicted molar refractivity (Wildman–Crippen MR) is 148 cm³/mol. The van der Waals surface area contributed by atoms with Crippen LogP contribution in [0.1, 0.15) is 25.0 Å². The summed E-state index contributed by atoms with van der Waals surface area (Å²) in [5.74, 6) is 0.269. The summed E-state index contributed by atoms with van der Waals surface area (Å²) < 4.78 is 11.8. The lowest BCUT2D eigenvalue weighted by Gasteiger charge is -2.31. The van der Waals surface area contributed by atoms with Gasteiger partial charge in [0, 0.05) is 36.6 Å². The van der Waals surface area contributed by atoms with E-state index >= 15 is 0 Å². The molecule has 1 aromatic heterocycles. The van der Waals surface area contributed by atoms with Gasteiger partial charge in [-0.15, -0.1) is 0 Å². The average Bonchev–Trinajstić information content (AvgIpc) is 3.52. The zero-order valence-corrected chi connectivity index (χ0v) is 21.9. The van der Waals surface area contributed by atoms with Crippen molar-refractivity contribution < 1.29 is 9.47 Å². The first-order chi connectivity index (χ1) is 17.9. The quantitative estimate of drug-likeness (QED) is 0.301. The summed E-state index contributed by atoms with van der Waals surface area (Å²) in [6, 6.07) is 22.7. The van der Waals surface area contributed by atoms with E-state index in [1.165, 1.54) is 11.1 Å². The van der Waals surface area contributed by atoms with Gasteiger partial charge >= 0.3 is 0 Å². The van der Waals surface area contributed by atoms with E-state index in [4.69, 9.17) is 21.1 Å². The first-order valence-corrected chi connectivity index (χ1v) is 13.1. The highest BCUT2D eigenvalue weighted by Crippen LogP contribution is 2.34. The molecule has 2 N–H and O–H groups in total. The Morgan fingerprint density at radius 3 is 2.78 bits per heavy atom. The van der Waals surface area contributed by atoms with E-state index in [0.29, 0.717) is 11.6 Å². The summed E-state index contributed by atoms with van der Waals surface area (Å²) in [7, 11) is 0. The van der Waals surface area contributed by atoms with Gasteiger partial charge in [-0.3, -0.25) is 4.90 Å². The molecule has 3 aromatic carbocycles. The second-order valence-electron chi connectivity index (χ2n) is 10.2. The van der Waals surface area contributed by atoms with Gasteiger partial charge in [0.05, 0.1) is 29.6 Å². The Labute approximate surface area is 222 Å². The Kier molecular flexibility index (Phi) is 6.51. The van der Waals surface area contributed by atoms with Gasteiger partial charge in [0.15, 0.2) is 5.79 Å². The lowest BCUT2D eigenvalue weighted by Crippen LogP contribution is -2.38. The van der Waals surface area contributed by atoms with Crippen molar-refractivity contribution >= 4 is 23.0 Å². The average molecular weight is 515 g/mol. The van der Waals surface area contributed by atoms with Crippen LogP contribution in [-0.2, 0) is 22.4 Å². The maximum absolute atomic E-state index is 6.60. The molecule has 1 saturated heterocycles. The van der Waals surface area contributed by atoms with Crippen LogP contribution in [0.5, 0.6) is 0 Å². The first kappa shape index (κ1) is 24.2. The van der Waals surface area contributed by atoms with Gasteiger partial charge in [-0.2, -0.15) is 0 Å². The lowest BCUT2D eigenvalue weighted by atomic mass is 9.97. The maximum atomic E-state index is 6.60. The Morgan fingerprint density at radius 1 is 1.11 bits per heavy atom. The Hall–Kier alpha value is -3.16. The number of hydrogen-bond acceptors (Lipinski definition) is 5. The minimum atomic E-state index is -0.481. The lowest BCUT2D eigenvalue weighted by molar-refractivity contribution is -0.140. The molecule has 4 aromatic rings. The van der Waals surface area contributed by atoms with E-state index in [1.54, 1.807) is 0 Å². The van der Waals surface area contributed by atoms with Gasteiger partial charge in [-0.1, -0.05) is 54.1 Å². The van der Waals surface area contributed by atoms with Gasteiger partial charge in [0.1, 0.15) is 5.82 Å². The van der Waals surface area contributed by atoms with Crippen molar-refractivity contribution in [3.8, 4) is 22.6 Å². The fourth-order valence-electron chi connectivity index (χ4n) is 5.24. The first-order valence-electron chi connectivity index (χ1n) is 12.8. The van der Waals surface area contributed by atoms with E-state index in [0.717, 1.165) is 60.1 Å². The molecule has 6 nitrogen and oxygen atoms in total. The molecule has 190 valence electrons. The summed E-state index contributed by atoms with van der Waals surface area (Å²) >= 11 is 6.60. The van der Waals surface area contributed by atoms with Gasteiger partial charge in [0.25, 0.3) is 0 Å². The number of nitrogens with zero attached hydrogens (tertiary/aromatic N) is 2. The molecule has 0 aliphatic carbocycles. The van der Waals surface area contributed by atoms with Crippen molar-refractivity contribution in [3.05, 3.63) is 89.1 Å². The molecule has 6 rings (SSSR count). The van der Waals surface area contributed by atoms with E-state index in [-0.39, 0.29) is 6.10 Å². The Bertz CT molecular complexity index is 1400. The molecule has 7 heteroatoms. The second kappa shape index (κ2) is 9.95. The zero-order chi connectivity index (χ0) is 25.4. The number of halogens is 1. The standard InChI is InChI=1S/C30H31ClN4O2/c1-30(2)36-19-23(37-30)18-35-14-13-24-21(17-35)9-6-10-27(24)33-22-11-12-26(31)25(15-22)29-32-16-28(34-29)20-7-4-3-5-8-20/h3-12,15-16,23,33H,13-14,17-19H2,1-2H3,(H,32,34)/t23-/m0/s1. The number of hydrogen-bond donors (Lipinski definition) is 2. The summed E-state index contributed by atoms with van der Waals surface area (Å²) in [6.45, 7) is 7.39. The summed E-state index contributed by atoms with van der Waals surface area (Å²) in [5.41, 5.74) is 7.75. The van der Waals surface area contributed by atoms with Gasteiger partial charge in [-0.25, -0.2) is 4.98 Å². The third kappa shape index (κ3) is 5.29.